The highest BCUT2D eigenvalue weighted by atomic mass is 79.9. The largest absolute Gasteiger partial charge is 0.392 e. The van der Waals surface area contributed by atoms with Crippen LogP contribution in [-0.4, -0.2) is 30.9 Å². The maximum absolute atomic E-state index is 12.9. The molecule has 4 nitrogen and oxygen atoms in total. The maximum Gasteiger partial charge on any atom is 0.243 e. The molecule has 21 heavy (non-hydrogen) atoms. The first-order valence-corrected chi connectivity index (χ1v) is 9.31. The zero-order valence-electron chi connectivity index (χ0n) is 12.7. The van der Waals surface area contributed by atoms with Gasteiger partial charge in [-0.05, 0) is 48.4 Å². The van der Waals surface area contributed by atoms with Gasteiger partial charge in [-0.25, -0.2) is 8.42 Å². The smallest absolute Gasteiger partial charge is 0.243 e. The average Bonchev–Trinajstić information content (AvgIpc) is 2.40. The van der Waals surface area contributed by atoms with Gasteiger partial charge in [0.2, 0.25) is 10.0 Å². The topological polar surface area (TPSA) is 57.6 Å². The van der Waals surface area contributed by atoms with Gasteiger partial charge in [-0.2, -0.15) is 4.31 Å². The molecule has 0 saturated carbocycles. The number of aliphatic hydroxyl groups is 1. The lowest BCUT2D eigenvalue weighted by Gasteiger charge is -2.37. The molecule has 0 atom stereocenters. The molecule has 1 aromatic carbocycles. The lowest BCUT2D eigenvalue weighted by atomic mass is 9.85. The van der Waals surface area contributed by atoms with Gasteiger partial charge in [-0.15, -0.1) is 0 Å². The second kappa shape index (κ2) is 5.99. The van der Waals surface area contributed by atoms with E-state index in [0.29, 0.717) is 33.6 Å². The van der Waals surface area contributed by atoms with Crippen LogP contribution in [0.1, 0.15) is 37.8 Å². The Morgan fingerprint density at radius 3 is 2.62 bits per heavy atom. The second-order valence-electron chi connectivity index (χ2n) is 6.47. The fraction of sp³-hybridized carbons (Fsp3) is 0.600. The number of halogens is 1. The Bertz CT molecular complexity index is 641. The Labute approximate surface area is 135 Å². The number of nitrogens with zero attached hydrogens (tertiary/aromatic N) is 1. The van der Waals surface area contributed by atoms with Crippen molar-refractivity contribution in [2.45, 2.75) is 45.1 Å². The number of piperidine rings is 1. The normalized spacial score (nSPS) is 19.7. The second-order valence-corrected chi connectivity index (χ2v) is 9.23. The van der Waals surface area contributed by atoms with Gasteiger partial charge in [-0.3, -0.25) is 0 Å². The van der Waals surface area contributed by atoms with E-state index in [1.54, 1.807) is 23.4 Å². The average molecular weight is 376 g/mol. The lowest BCUT2D eigenvalue weighted by molar-refractivity contribution is 0.187. The van der Waals surface area contributed by atoms with Crippen molar-refractivity contribution < 1.29 is 13.5 Å². The van der Waals surface area contributed by atoms with Crippen LogP contribution in [0.3, 0.4) is 0 Å². The van der Waals surface area contributed by atoms with Crippen molar-refractivity contribution >= 4 is 26.0 Å². The number of benzene rings is 1. The lowest BCUT2D eigenvalue weighted by Crippen LogP contribution is -2.43. The highest BCUT2D eigenvalue weighted by Gasteiger charge is 2.35. The van der Waals surface area contributed by atoms with Gasteiger partial charge in [-0.1, -0.05) is 29.8 Å². The third-order valence-electron chi connectivity index (χ3n) is 4.02. The molecule has 1 saturated heterocycles. The Balaban J connectivity index is 2.47. The Kier molecular flexibility index (Phi) is 4.83. The number of aliphatic hydroxyl groups excluding tert-OH is 1. The third-order valence-corrected chi connectivity index (χ3v) is 6.82. The molecule has 0 aliphatic carbocycles. The van der Waals surface area contributed by atoms with Crippen LogP contribution in [0.25, 0.3) is 0 Å². The van der Waals surface area contributed by atoms with E-state index >= 15 is 0 Å². The summed E-state index contributed by atoms with van der Waals surface area (Å²) in [6, 6.07) is 3.34. The summed E-state index contributed by atoms with van der Waals surface area (Å²) in [6.07, 6.45) is 1.92. The van der Waals surface area contributed by atoms with E-state index in [1.807, 2.05) is 0 Å². The minimum absolute atomic E-state index is 0.00501. The molecule has 0 aromatic heterocycles. The van der Waals surface area contributed by atoms with Crippen molar-refractivity contribution in [2.75, 3.05) is 13.1 Å². The van der Waals surface area contributed by atoms with Gasteiger partial charge >= 0.3 is 0 Å². The predicted molar refractivity (Wildman–Crippen MR) is 86.6 cm³/mol. The Morgan fingerprint density at radius 1 is 1.38 bits per heavy atom. The van der Waals surface area contributed by atoms with Crippen LogP contribution in [0.15, 0.2) is 21.5 Å². The van der Waals surface area contributed by atoms with Crippen molar-refractivity contribution in [2.24, 2.45) is 5.41 Å². The molecule has 0 bridgehead atoms. The standard InChI is InChI=1S/C15H22BrNO3S/c1-11-13(16)7-12(9-18)8-14(11)21(19,20)17-6-4-5-15(2,3)10-17/h7-8,18H,4-6,9-10H2,1-3H3. The molecule has 1 heterocycles. The van der Waals surface area contributed by atoms with Gasteiger partial charge in [0.1, 0.15) is 0 Å². The molecular weight excluding hydrogens is 354 g/mol. The quantitative estimate of drug-likeness (QED) is 0.882. The monoisotopic (exact) mass is 375 g/mol. The Hall–Kier alpha value is -0.430. The number of sulfonamides is 1. The molecule has 1 N–H and O–H groups in total. The van der Waals surface area contributed by atoms with Gasteiger partial charge in [0.05, 0.1) is 11.5 Å². The van der Waals surface area contributed by atoms with Crippen LogP contribution in [-0.2, 0) is 16.6 Å². The molecule has 2 rings (SSSR count). The molecule has 1 aliphatic heterocycles. The predicted octanol–water partition coefficient (Wildman–Crippen LogP) is 3.06. The van der Waals surface area contributed by atoms with E-state index in [9.17, 15) is 13.5 Å². The maximum atomic E-state index is 12.9. The van der Waals surface area contributed by atoms with E-state index in [0.717, 1.165) is 12.8 Å². The van der Waals surface area contributed by atoms with E-state index < -0.39 is 10.0 Å². The zero-order valence-corrected chi connectivity index (χ0v) is 15.1. The SMILES string of the molecule is Cc1c(Br)cc(CO)cc1S(=O)(=O)N1CCCC(C)(C)C1. The van der Waals surface area contributed by atoms with Gasteiger partial charge < -0.3 is 5.11 Å². The van der Waals surface area contributed by atoms with Crippen molar-refractivity contribution in [3.63, 3.8) is 0 Å². The number of hydrogen-bond donors (Lipinski definition) is 1. The molecule has 0 amide bonds. The zero-order chi connectivity index (χ0) is 15.8. The summed E-state index contributed by atoms with van der Waals surface area (Å²) in [5.74, 6) is 0. The van der Waals surface area contributed by atoms with Crippen LogP contribution in [0.2, 0.25) is 0 Å². The van der Waals surface area contributed by atoms with Crippen LogP contribution in [0, 0.1) is 12.3 Å². The van der Waals surface area contributed by atoms with E-state index in [-0.39, 0.29) is 12.0 Å². The molecule has 6 heteroatoms. The summed E-state index contributed by atoms with van der Waals surface area (Å²) in [5, 5.41) is 9.31. The molecule has 118 valence electrons. The first kappa shape index (κ1) is 16.9. The summed E-state index contributed by atoms with van der Waals surface area (Å²) in [6.45, 7) is 6.91. The minimum atomic E-state index is -3.53. The van der Waals surface area contributed by atoms with Gasteiger partial charge in [0.15, 0.2) is 0 Å². The fourth-order valence-corrected chi connectivity index (χ4v) is 5.38. The fourth-order valence-electron chi connectivity index (χ4n) is 2.78. The highest BCUT2D eigenvalue weighted by molar-refractivity contribution is 9.10. The van der Waals surface area contributed by atoms with E-state index in [2.05, 4.69) is 29.8 Å². The van der Waals surface area contributed by atoms with Crippen LogP contribution < -0.4 is 0 Å². The summed E-state index contributed by atoms with van der Waals surface area (Å²) in [5.41, 5.74) is 1.29. The van der Waals surface area contributed by atoms with Crippen LogP contribution >= 0.6 is 15.9 Å². The Morgan fingerprint density at radius 2 is 2.05 bits per heavy atom. The summed E-state index contributed by atoms with van der Waals surface area (Å²) < 4.78 is 28.2. The molecular formula is C15H22BrNO3S. The molecule has 0 spiro atoms. The molecule has 1 aliphatic rings. The van der Waals surface area contributed by atoms with E-state index in [4.69, 9.17) is 0 Å². The molecule has 1 aromatic rings. The molecule has 0 radical (unpaired) electrons. The van der Waals surface area contributed by atoms with Crippen LogP contribution in [0.4, 0.5) is 0 Å². The summed E-state index contributed by atoms with van der Waals surface area (Å²) >= 11 is 3.38. The number of hydrogen-bond acceptors (Lipinski definition) is 3. The van der Waals surface area contributed by atoms with Crippen molar-refractivity contribution in [1.82, 2.24) is 4.31 Å². The third kappa shape index (κ3) is 3.50. The number of rotatable bonds is 3. The van der Waals surface area contributed by atoms with Gasteiger partial charge in [0, 0.05) is 17.6 Å². The van der Waals surface area contributed by atoms with E-state index in [1.165, 1.54) is 0 Å². The summed E-state index contributed by atoms with van der Waals surface area (Å²) in [4.78, 5) is 0.290. The van der Waals surface area contributed by atoms with Crippen molar-refractivity contribution in [3.05, 3.63) is 27.7 Å². The molecule has 0 unspecified atom stereocenters. The minimum Gasteiger partial charge on any atom is -0.392 e. The van der Waals surface area contributed by atoms with Gasteiger partial charge in [0.25, 0.3) is 0 Å². The van der Waals surface area contributed by atoms with Crippen molar-refractivity contribution in [3.8, 4) is 0 Å². The molecule has 1 fully saturated rings. The summed E-state index contributed by atoms with van der Waals surface area (Å²) in [7, 11) is -3.53. The first-order valence-electron chi connectivity index (χ1n) is 7.07. The first-order chi connectivity index (χ1) is 9.67. The van der Waals surface area contributed by atoms with Crippen LogP contribution in [0.5, 0.6) is 0 Å². The van der Waals surface area contributed by atoms with Crippen molar-refractivity contribution in [1.29, 1.82) is 0 Å². The highest BCUT2D eigenvalue weighted by Crippen LogP contribution is 2.34.